The van der Waals surface area contributed by atoms with E-state index in [1.54, 1.807) is 19.1 Å². The minimum atomic E-state index is -0.982. The molecule has 0 saturated carbocycles. The van der Waals surface area contributed by atoms with Crippen molar-refractivity contribution in [1.29, 1.82) is 0 Å². The van der Waals surface area contributed by atoms with Crippen LogP contribution in [0.1, 0.15) is 6.42 Å². The van der Waals surface area contributed by atoms with Crippen LogP contribution < -0.4 is 0 Å². The first kappa shape index (κ1) is 18.6. The topological polar surface area (TPSA) is 111 Å². The predicted octanol–water partition coefficient (Wildman–Crippen LogP) is -1.93. The third-order valence-electron chi connectivity index (χ3n) is 4.65. The van der Waals surface area contributed by atoms with E-state index in [1.165, 1.54) is 9.80 Å². The molecule has 0 aromatic carbocycles. The van der Waals surface area contributed by atoms with Crippen LogP contribution in [0.5, 0.6) is 0 Å². The Morgan fingerprint density at radius 2 is 2.04 bits per heavy atom. The molecular formula is C15H25N3O6. The second kappa shape index (κ2) is 7.91. The Labute approximate surface area is 140 Å². The van der Waals surface area contributed by atoms with Gasteiger partial charge in [0.1, 0.15) is 0 Å². The first-order chi connectivity index (χ1) is 11.3. The fourth-order valence-corrected chi connectivity index (χ4v) is 3.33. The number of carbonyl (C=O) groups excluding carboxylic acids is 2. The molecule has 0 aliphatic carbocycles. The molecule has 24 heavy (non-hydrogen) atoms. The molecule has 2 aliphatic heterocycles. The number of ether oxygens (including phenoxy) is 1. The predicted molar refractivity (Wildman–Crippen MR) is 83.2 cm³/mol. The van der Waals surface area contributed by atoms with Gasteiger partial charge in [-0.3, -0.25) is 19.3 Å². The molecule has 2 fully saturated rings. The molecule has 2 amide bonds. The smallest absolute Gasteiger partial charge is 0.317 e. The van der Waals surface area contributed by atoms with Gasteiger partial charge in [0.2, 0.25) is 11.8 Å². The van der Waals surface area contributed by atoms with Crippen molar-refractivity contribution in [1.82, 2.24) is 14.7 Å². The number of hydrogen-bond acceptors (Lipinski definition) is 6. The van der Waals surface area contributed by atoms with Crippen LogP contribution >= 0.6 is 0 Å². The van der Waals surface area contributed by atoms with Crippen molar-refractivity contribution in [3.05, 3.63) is 0 Å². The zero-order valence-electron chi connectivity index (χ0n) is 14.1. The van der Waals surface area contributed by atoms with Crippen LogP contribution in [0, 0.1) is 5.92 Å². The first-order valence-corrected chi connectivity index (χ1v) is 7.99. The molecule has 0 aromatic heterocycles. The number of aliphatic carboxylic acids is 1. The number of likely N-dealkylation sites (N-methyl/N-ethyl adjacent to an activating group) is 1. The Bertz CT molecular complexity index is 500. The summed E-state index contributed by atoms with van der Waals surface area (Å²) < 4.78 is 4.96. The number of carboxylic acid groups (broad SMARTS) is 1. The number of rotatable bonds is 7. The van der Waals surface area contributed by atoms with E-state index in [0.717, 1.165) is 0 Å². The molecule has 9 nitrogen and oxygen atoms in total. The van der Waals surface area contributed by atoms with Crippen molar-refractivity contribution in [3.8, 4) is 0 Å². The Balaban J connectivity index is 1.92. The summed E-state index contributed by atoms with van der Waals surface area (Å²) in [4.78, 5) is 40.0. The monoisotopic (exact) mass is 343 g/mol. The van der Waals surface area contributed by atoms with Crippen molar-refractivity contribution in [2.75, 3.05) is 53.5 Å². The van der Waals surface area contributed by atoms with Gasteiger partial charge in [-0.15, -0.1) is 0 Å². The number of β-amino-alcohol motifs (C(OH)–C–C–N with tert-alkyl or cyclic N) is 1. The maximum Gasteiger partial charge on any atom is 0.317 e. The molecule has 0 radical (unpaired) electrons. The normalized spacial score (nSPS) is 27.3. The molecule has 136 valence electrons. The lowest BCUT2D eigenvalue weighted by molar-refractivity contribution is -0.138. The summed E-state index contributed by atoms with van der Waals surface area (Å²) in [7, 11) is 3.17. The Hall–Kier alpha value is -1.71. The number of amides is 2. The average molecular weight is 343 g/mol. The fraction of sp³-hybridized carbons (Fsp3) is 0.800. The second-order valence-electron chi connectivity index (χ2n) is 6.42. The molecule has 3 atom stereocenters. The van der Waals surface area contributed by atoms with E-state index in [4.69, 9.17) is 9.84 Å². The number of methoxy groups -OCH3 is 1. The van der Waals surface area contributed by atoms with E-state index in [-0.39, 0.29) is 37.9 Å². The van der Waals surface area contributed by atoms with E-state index < -0.39 is 24.0 Å². The fourth-order valence-electron chi connectivity index (χ4n) is 3.33. The summed E-state index contributed by atoms with van der Waals surface area (Å²) >= 11 is 0. The summed E-state index contributed by atoms with van der Waals surface area (Å²) in [5.41, 5.74) is 0. The van der Waals surface area contributed by atoms with Gasteiger partial charge in [-0.05, 0) is 7.05 Å². The van der Waals surface area contributed by atoms with Crippen molar-refractivity contribution >= 4 is 17.8 Å². The number of likely N-dealkylation sites (tertiary alicyclic amines) is 2. The Morgan fingerprint density at radius 1 is 1.33 bits per heavy atom. The molecule has 2 N–H and O–H groups in total. The van der Waals surface area contributed by atoms with Crippen LogP contribution in [0.4, 0.5) is 0 Å². The molecule has 0 aromatic rings. The second-order valence-corrected chi connectivity index (χ2v) is 6.42. The van der Waals surface area contributed by atoms with E-state index in [9.17, 15) is 19.5 Å². The number of carbonyl (C=O) groups is 3. The van der Waals surface area contributed by atoms with Gasteiger partial charge >= 0.3 is 5.97 Å². The number of aliphatic hydroxyl groups is 1. The van der Waals surface area contributed by atoms with Crippen LogP contribution in [0.25, 0.3) is 0 Å². The third kappa shape index (κ3) is 4.22. The standard InChI is InChI=1S/C15H25N3O6/c1-16(9-14(21)22)11-7-18(8-12(11)19)15(23)10-5-13(20)17(6-10)3-4-24-2/h10-12,19H,3-9H2,1-2H3,(H,21,22)/t10?,11?,12-/m1/s1. The zero-order chi connectivity index (χ0) is 17.9. The van der Waals surface area contributed by atoms with Crippen LogP contribution in [0.2, 0.25) is 0 Å². The Kier molecular flexibility index (Phi) is 6.14. The summed E-state index contributed by atoms with van der Waals surface area (Å²) in [6.07, 6.45) is -0.620. The van der Waals surface area contributed by atoms with Crippen LogP contribution in [-0.4, -0.2) is 108 Å². The highest BCUT2D eigenvalue weighted by molar-refractivity contribution is 5.89. The van der Waals surface area contributed by atoms with Gasteiger partial charge in [-0.1, -0.05) is 0 Å². The number of nitrogens with zero attached hydrogens (tertiary/aromatic N) is 3. The van der Waals surface area contributed by atoms with Gasteiger partial charge in [0.05, 0.1) is 31.2 Å². The summed E-state index contributed by atoms with van der Waals surface area (Å²) in [5, 5.41) is 19.0. The highest BCUT2D eigenvalue weighted by atomic mass is 16.5. The van der Waals surface area contributed by atoms with Gasteiger partial charge in [0.25, 0.3) is 0 Å². The maximum atomic E-state index is 12.6. The SMILES string of the molecule is COCCN1CC(C(=O)N2CC(N(C)CC(=O)O)[C@H](O)C2)CC1=O. The summed E-state index contributed by atoms with van der Waals surface area (Å²) in [5.74, 6) is -1.62. The molecular weight excluding hydrogens is 318 g/mol. The molecule has 9 heteroatoms. The average Bonchev–Trinajstić information content (AvgIpc) is 3.07. The van der Waals surface area contributed by atoms with E-state index >= 15 is 0 Å². The van der Waals surface area contributed by atoms with Crippen molar-refractivity contribution in [3.63, 3.8) is 0 Å². The van der Waals surface area contributed by atoms with E-state index in [1.807, 2.05) is 0 Å². The lowest BCUT2D eigenvalue weighted by atomic mass is 10.1. The largest absolute Gasteiger partial charge is 0.480 e. The van der Waals surface area contributed by atoms with Gasteiger partial charge in [-0.25, -0.2) is 0 Å². The van der Waals surface area contributed by atoms with Gasteiger partial charge < -0.3 is 24.7 Å². The lowest BCUT2D eigenvalue weighted by Crippen LogP contribution is -2.43. The molecule has 2 aliphatic rings. The van der Waals surface area contributed by atoms with Gasteiger partial charge in [-0.2, -0.15) is 0 Å². The number of aliphatic hydroxyl groups excluding tert-OH is 1. The zero-order valence-corrected chi connectivity index (χ0v) is 14.1. The van der Waals surface area contributed by atoms with Crippen molar-refractivity contribution < 1.29 is 29.3 Å². The molecule has 2 rings (SSSR count). The highest BCUT2D eigenvalue weighted by Crippen LogP contribution is 2.23. The van der Waals surface area contributed by atoms with E-state index in [2.05, 4.69) is 0 Å². The van der Waals surface area contributed by atoms with Crippen LogP contribution in [0.15, 0.2) is 0 Å². The molecule has 0 spiro atoms. The van der Waals surface area contributed by atoms with Gasteiger partial charge in [0, 0.05) is 39.7 Å². The Morgan fingerprint density at radius 3 is 2.67 bits per heavy atom. The van der Waals surface area contributed by atoms with Crippen molar-refractivity contribution in [2.24, 2.45) is 5.92 Å². The quantitative estimate of drug-likeness (QED) is 0.554. The molecule has 0 bridgehead atoms. The molecule has 2 heterocycles. The first-order valence-electron chi connectivity index (χ1n) is 7.99. The minimum absolute atomic E-state index is 0.0651. The summed E-state index contributed by atoms with van der Waals surface area (Å²) in [6, 6.07) is -0.410. The highest BCUT2D eigenvalue weighted by Gasteiger charge is 2.42. The lowest BCUT2D eigenvalue weighted by Gasteiger charge is -2.25. The molecule has 2 saturated heterocycles. The van der Waals surface area contributed by atoms with Crippen LogP contribution in [-0.2, 0) is 19.1 Å². The van der Waals surface area contributed by atoms with Crippen LogP contribution in [0.3, 0.4) is 0 Å². The van der Waals surface area contributed by atoms with Gasteiger partial charge in [0.15, 0.2) is 0 Å². The summed E-state index contributed by atoms with van der Waals surface area (Å²) in [6.45, 7) is 1.49. The van der Waals surface area contributed by atoms with Crippen molar-refractivity contribution in [2.45, 2.75) is 18.6 Å². The number of carboxylic acids is 1. The maximum absolute atomic E-state index is 12.6. The minimum Gasteiger partial charge on any atom is -0.480 e. The van der Waals surface area contributed by atoms with E-state index in [0.29, 0.717) is 19.7 Å². The molecule has 2 unspecified atom stereocenters. The third-order valence-corrected chi connectivity index (χ3v) is 4.65. The number of hydrogen-bond donors (Lipinski definition) is 2.